The summed E-state index contributed by atoms with van der Waals surface area (Å²) in [5, 5.41) is 15.1. The molecule has 1 atom stereocenters. The van der Waals surface area contributed by atoms with Crippen LogP contribution in [0.15, 0.2) is 77.8 Å². The number of ether oxygens (including phenoxy) is 1. The average Bonchev–Trinajstić information content (AvgIpc) is 3.30. The Bertz CT molecular complexity index is 1570. The summed E-state index contributed by atoms with van der Waals surface area (Å²) in [6.45, 7) is 5.19. The number of aliphatic imine (C=N–C) groups is 1. The summed E-state index contributed by atoms with van der Waals surface area (Å²) >= 11 is 6.19. The highest BCUT2D eigenvalue weighted by molar-refractivity contribution is 6.30. The molecule has 41 heavy (non-hydrogen) atoms. The van der Waals surface area contributed by atoms with Crippen LogP contribution in [0.3, 0.4) is 0 Å². The molecule has 2 heterocycles. The van der Waals surface area contributed by atoms with Crippen LogP contribution >= 0.6 is 11.6 Å². The minimum Gasteiger partial charge on any atom is -0.494 e. The lowest BCUT2D eigenvalue weighted by Gasteiger charge is -2.15. The first-order chi connectivity index (χ1) is 19.9. The number of carbonyl (C=O) groups is 2. The van der Waals surface area contributed by atoms with Gasteiger partial charge in [0.05, 0.1) is 24.4 Å². The van der Waals surface area contributed by atoms with Crippen molar-refractivity contribution in [2.24, 2.45) is 4.99 Å². The van der Waals surface area contributed by atoms with Gasteiger partial charge in [0, 0.05) is 34.8 Å². The number of aromatic nitrogens is 3. The highest BCUT2D eigenvalue weighted by Gasteiger charge is 2.30. The Labute approximate surface area is 243 Å². The fourth-order valence-electron chi connectivity index (χ4n) is 4.74. The maximum atomic E-state index is 12.6. The zero-order chi connectivity index (χ0) is 28.8. The molecule has 0 saturated heterocycles. The van der Waals surface area contributed by atoms with Crippen LogP contribution in [0.25, 0.3) is 5.69 Å². The molecule has 0 unspecified atom stereocenters. The summed E-state index contributed by atoms with van der Waals surface area (Å²) in [6.07, 6.45) is 0.770. The molecule has 0 saturated carbocycles. The molecule has 0 bridgehead atoms. The number of benzene rings is 3. The van der Waals surface area contributed by atoms with Gasteiger partial charge in [0.25, 0.3) is 5.91 Å². The van der Waals surface area contributed by atoms with Crippen molar-refractivity contribution in [1.82, 2.24) is 25.4 Å². The van der Waals surface area contributed by atoms with Gasteiger partial charge in [-0.1, -0.05) is 41.9 Å². The molecule has 1 aliphatic rings. The van der Waals surface area contributed by atoms with Crippen LogP contribution in [0, 0.1) is 6.92 Å². The highest BCUT2D eigenvalue weighted by atomic mass is 35.5. The third-order valence-electron chi connectivity index (χ3n) is 6.68. The number of amides is 2. The lowest BCUT2D eigenvalue weighted by atomic mass is 10.00. The Balaban J connectivity index is 1.41. The van der Waals surface area contributed by atoms with Gasteiger partial charge >= 0.3 is 0 Å². The minimum atomic E-state index is -0.543. The molecule has 2 amide bonds. The fraction of sp³-hybridized carbons (Fsp3) is 0.258. The quantitative estimate of drug-likeness (QED) is 0.265. The van der Waals surface area contributed by atoms with E-state index < -0.39 is 6.04 Å². The SMILES string of the molecule is CCNC(=O)C[C@@H]1N=C(c2ccc(Cl)cc2)c2cc(OCCCNC(=O)c3ccccc3)ccc2-n2c(C)nnc21. The van der Waals surface area contributed by atoms with E-state index in [1.165, 1.54) is 0 Å². The van der Waals surface area contributed by atoms with E-state index in [1.807, 2.05) is 79.1 Å². The van der Waals surface area contributed by atoms with Gasteiger partial charge in [-0.05, 0) is 62.7 Å². The van der Waals surface area contributed by atoms with Gasteiger partial charge in [0.1, 0.15) is 17.6 Å². The number of rotatable bonds is 10. The van der Waals surface area contributed by atoms with Crippen molar-refractivity contribution in [2.45, 2.75) is 32.7 Å². The number of hydrogen-bond donors (Lipinski definition) is 2. The molecule has 210 valence electrons. The van der Waals surface area contributed by atoms with Crippen molar-refractivity contribution >= 4 is 29.1 Å². The largest absolute Gasteiger partial charge is 0.494 e. The maximum absolute atomic E-state index is 12.6. The van der Waals surface area contributed by atoms with E-state index in [0.717, 1.165) is 16.8 Å². The van der Waals surface area contributed by atoms with Gasteiger partial charge in [-0.2, -0.15) is 0 Å². The fourth-order valence-corrected chi connectivity index (χ4v) is 4.87. The molecule has 10 heteroatoms. The molecule has 1 aliphatic heterocycles. The van der Waals surface area contributed by atoms with Crippen LogP contribution in [-0.2, 0) is 4.79 Å². The summed E-state index contributed by atoms with van der Waals surface area (Å²) < 4.78 is 8.05. The lowest BCUT2D eigenvalue weighted by Crippen LogP contribution is -2.25. The van der Waals surface area contributed by atoms with Crippen LogP contribution in [0.5, 0.6) is 5.75 Å². The molecule has 9 nitrogen and oxygen atoms in total. The third-order valence-corrected chi connectivity index (χ3v) is 6.93. The molecule has 0 radical (unpaired) electrons. The molecule has 1 aromatic heterocycles. The standard InChI is InChI=1S/C31H31ClN6O3/c1-3-33-28(39)19-26-30-37-36-20(2)38(30)27-15-14-24(18-25(27)29(35-26)21-10-12-23(32)13-11-21)41-17-7-16-34-31(40)22-8-5-4-6-9-22/h4-6,8-15,18,26H,3,7,16-17,19H2,1-2H3,(H,33,39)(H,34,40)/t26-/m0/s1. The smallest absolute Gasteiger partial charge is 0.251 e. The topological polar surface area (TPSA) is 110 Å². The summed E-state index contributed by atoms with van der Waals surface area (Å²) in [5.74, 6) is 1.73. The van der Waals surface area contributed by atoms with Crippen LogP contribution in [0.4, 0.5) is 0 Å². The predicted octanol–water partition coefficient (Wildman–Crippen LogP) is 4.85. The molecule has 2 N–H and O–H groups in total. The number of hydrogen-bond acceptors (Lipinski definition) is 6. The first kappa shape index (κ1) is 28.0. The van der Waals surface area contributed by atoms with Crippen molar-refractivity contribution in [3.8, 4) is 11.4 Å². The molecule has 0 aliphatic carbocycles. The van der Waals surface area contributed by atoms with E-state index >= 15 is 0 Å². The van der Waals surface area contributed by atoms with Crippen molar-refractivity contribution in [1.29, 1.82) is 0 Å². The number of nitrogens with one attached hydrogen (secondary N) is 2. The number of fused-ring (bicyclic) bond motifs is 3. The molecule has 3 aromatic carbocycles. The minimum absolute atomic E-state index is 0.110. The van der Waals surface area contributed by atoms with Gasteiger partial charge in [-0.25, -0.2) is 0 Å². The lowest BCUT2D eigenvalue weighted by molar-refractivity contribution is -0.121. The third kappa shape index (κ3) is 6.47. The predicted molar refractivity (Wildman–Crippen MR) is 158 cm³/mol. The zero-order valence-electron chi connectivity index (χ0n) is 22.9. The first-order valence-electron chi connectivity index (χ1n) is 13.6. The van der Waals surface area contributed by atoms with Gasteiger partial charge in [0.15, 0.2) is 5.82 Å². The van der Waals surface area contributed by atoms with E-state index in [0.29, 0.717) is 59.8 Å². The van der Waals surface area contributed by atoms with E-state index in [2.05, 4.69) is 20.8 Å². The molecular weight excluding hydrogens is 540 g/mol. The van der Waals surface area contributed by atoms with Gasteiger partial charge in [-0.15, -0.1) is 10.2 Å². The summed E-state index contributed by atoms with van der Waals surface area (Å²) in [6, 6.07) is 21.8. The average molecular weight is 571 g/mol. The van der Waals surface area contributed by atoms with E-state index in [-0.39, 0.29) is 18.2 Å². The van der Waals surface area contributed by atoms with Crippen molar-refractivity contribution in [3.63, 3.8) is 0 Å². The Kier molecular flexibility index (Phi) is 8.74. The van der Waals surface area contributed by atoms with Crippen molar-refractivity contribution < 1.29 is 14.3 Å². The Morgan fingerprint density at radius 3 is 2.54 bits per heavy atom. The summed E-state index contributed by atoms with van der Waals surface area (Å²) in [5.41, 5.74) is 3.86. The zero-order valence-corrected chi connectivity index (χ0v) is 23.7. The monoisotopic (exact) mass is 570 g/mol. The number of carbonyl (C=O) groups excluding carboxylic acids is 2. The Morgan fingerprint density at radius 1 is 1.00 bits per heavy atom. The Hall–Kier alpha value is -4.50. The highest BCUT2D eigenvalue weighted by Crippen LogP contribution is 2.34. The van der Waals surface area contributed by atoms with E-state index in [4.69, 9.17) is 21.3 Å². The number of aryl methyl sites for hydroxylation is 1. The van der Waals surface area contributed by atoms with E-state index in [9.17, 15) is 9.59 Å². The van der Waals surface area contributed by atoms with Crippen LogP contribution in [0.1, 0.15) is 58.9 Å². The maximum Gasteiger partial charge on any atom is 0.251 e. The van der Waals surface area contributed by atoms with Gasteiger partial charge in [0.2, 0.25) is 5.91 Å². The van der Waals surface area contributed by atoms with E-state index in [1.54, 1.807) is 12.1 Å². The molecule has 0 fully saturated rings. The first-order valence-corrected chi connectivity index (χ1v) is 14.0. The van der Waals surface area contributed by atoms with Gasteiger partial charge in [-0.3, -0.25) is 19.1 Å². The number of halogens is 1. The van der Waals surface area contributed by atoms with Crippen LogP contribution in [0.2, 0.25) is 5.02 Å². The number of nitrogens with zero attached hydrogens (tertiary/aromatic N) is 4. The van der Waals surface area contributed by atoms with Crippen molar-refractivity contribution in [3.05, 3.63) is 106 Å². The second kappa shape index (κ2) is 12.8. The second-order valence-corrected chi connectivity index (χ2v) is 10.0. The molecular formula is C31H31ClN6O3. The Morgan fingerprint density at radius 2 is 1.78 bits per heavy atom. The van der Waals surface area contributed by atoms with Gasteiger partial charge < -0.3 is 15.4 Å². The summed E-state index contributed by atoms with van der Waals surface area (Å²) in [7, 11) is 0. The molecule has 5 rings (SSSR count). The summed E-state index contributed by atoms with van der Waals surface area (Å²) in [4.78, 5) is 30.0. The molecule has 4 aromatic rings. The molecule has 0 spiro atoms. The van der Waals surface area contributed by atoms with Crippen molar-refractivity contribution in [2.75, 3.05) is 19.7 Å². The van der Waals surface area contributed by atoms with Crippen LogP contribution < -0.4 is 15.4 Å². The second-order valence-electron chi connectivity index (χ2n) is 9.60. The van der Waals surface area contributed by atoms with Crippen LogP contribution in [-0.4, -0.2) is 52.0 Å². The normalized spacial score (nSPS) is 13.8.